The van der Waals surface area contributed by atoms with Gasteiger partial charge in [-0.3, -0.25) is 0 Å². The molecule has 0 aliphatic heterocycles. The van der Waals surface area contributed by atoms with E-state index in [1.54, 1.807) is 23.7 Å². The molecule has 0 radical (unpaired) electrons. The monoisotopic (exact) mass is 303 g/mol. The Balaban J connectivity index is 2.02. The largest absolute Gasteiger partial charge is 0.363 e. The van der Waals surface area contributed by atoms with Crippen LogP contribution in [0.2, 0.25) is 5.15 Å². The molecule has 0 aliphatic carbocycles. The SMILES string of the molecule is Clc1nccnc1NCc1csc(Br)c1. The second-order valence-corrected chi connectivity index (χ2v) is 5.46. The molecular weight excluding hydrogens is 298 g/mol. The van der Waals surface area contributed by atoms with Crippen LogP contribution < -0.4 is 5.32 Å². The fourth-order valence-corrected chi connectivity index (χ4v) is 2.45. The molecule has 0 unspecified atom stereocenters. The van der Waals surface area contributed by atoms with Crippen molar-refractivity contribution >= 4 is 44.7 Å². The molecule has 0 saturated carbocycles. The molecule has 1 N–H and O–H groups in total. The lowest BCUT2D eigenvalue weighted by Gasteiger charge is -2.04. The van der Waals surface area contributed by atoms with Crippen LogP contribution in [0.15, 0.2) is 27.6 Å². The van der Waals surface area contributed by atoms with Crippen molar-refractivity contribution in [3.05, 3.63) is 38.3 Å². The quantitative estimate of drug-likeness (QED) is 0.942. The highest BCUT2D eigenvalue weighted by Crippen LogP contribution is 2.22. The first-order valence-electron chi connectivity index (χ1n) is 4.19. The molecule has 15 heavy (non-hydrogen) atoms. The summed E-state index contributed by atoms with van der Waals surface area (Å²) < 4.78 is 1.12. The zero-order chi connectivity index (χ0) is 10.7. The van der Waals surface area contributed by atoms with Crippen molar-refractivity contribution in [2.24, 2.45) is 0 Å². The summed E-state index contributed by atoms with van der Waals surface area (Å²) in [6.45, 7) is 0.695. The zero-order valence-corrected chi connectivity index (χ0v) is 10.7. The van der Waals surface area contributed by atoms with Gasteiger partial charge in [-0.25, -0.2) is 9.97 Å². The van der Waals surface area contributed by atoms with Crippen LogP contribution in [0.5, 0.6) is 0 Å². The summed E-state index contributed by atoms with van der Waals surface area (Å²) in [6.07, 6.45) is 3.17. The third kappa shape index (κ3) is 2.90. The summed E-state index contributed by atoms with van der Waals surface area (Å²) in [5.74, 6) is 0.612. The molecule has 0 aliphatic rings. The summed E-state index contributed by atoms with van der Waals surface area (Å²) in [6, 6.07) is 2.06. The van der Waals surface area contributed by atoms with Gasteiger partial charge in [0.1, 0.15) is 0 Å². The molecule has 0 fully saturated rings. The Kier molecular flexibility index (Phi) is 3.56. The lowest BCUT2D eigenvalue weighted by molar-refractivity contribution is 1.09. The minimum Gasteiger partial charge on any atom is -0.363 e. The van der Waals surface area contributed by atoms with Gasteiger partial charge in [0, 0.05) is 18.9 Å². The molecule has 0 amide bonds. The molecule has 2 aromatic rings. The second kappa shape index (κ2) is 4.92. The minimum absolute atomic E-state index is 0.395. The summed E-state index contributed by atoms with van der Waals surface area (Å²) in [5, 5.41) is 5.59. The van der Waals surface area contributed by atoms with E-state index in [0.29, 0.717) is 17.5 Å². The third-order valence-corrected chi connectivity index (χ3v) is 3.57. The van der Waals surface area contributed by atoms with Crippen LogP contribution in [-0.2, 0) is 6.54 Å². The van der Waals surface area contributed by atoms with Gasteiger partial charge < -0.3 is 5.32 Å². The maximum absolute atomic E-state index is 5.85. The van der Waals surface area contributed by atoms with Crippen molar-refractivity contribution in [1.82, 2.24) is 9.97 Å². The Labute approximate surface area is 105 Å². The fourth-order valence-electron chi connectivity index (χ4n) is 1.06. The first-order chi connectivity index (χ1) is 7.25. The number of thiophene rings is 1. The molecule has 6 heteroatoms. The van der Waals surface area contributed by atoms with E-state index in [-0.39, 0.29) is 0 Å². The predicted octanol–water partition coefficient (Wildman–Crippen LogP) is 3.57. The van der Waals surface area contributed by atoms with Crippen molar-refractivity contribution in [3.8, 4) is 0 Å². The van der Waals surface area contributed by atoms with Gasteiger partial charge in [-0.1, -0.05) is 11.6 Å². The standard InChI is InChI=1S/C9H7BrClN3S/c10-7-3-6(5-15-7)4-14-9-8(11)12-1-2-13-9/h1-3,5H,4H2,(H,13,14). The number of hydrogen-bond acceptors (Lipinski definition) is 4. The van der Waals surface area contributed by atoms with Gasteiger partial charge in [0.15, 0.2) is 11.0 Å². The highest BCUT2D eigenvalue weighted by atomic mass is 79.9. The van der Waals surface area contributed by atoms with Crippen molar-refractivity contribution in [3.63, 3.8) is 0 Å². The Hall–Kier alpha value is -0.650. The predicted molar refractivity (Wildman–Crippen MR) is 66.4 cm³/mol. The van der Waals surface area contributed by atoms with Gasteiger partial charge in [0.05, 0.1) is 3.79 Å². The number of nitrogens with zero attached hydrogens (tertiary/aromatic N) is 2. The maximum atomic E-state index is 5.85. The smallest absolute Gasteiger partial charge is 0.171 e. The van der Waals surface area contributed by atoms with E-state index in [0.717, 1.165) is 3.79 Å². The Bertz CT molecular complexity index is 460. The van der Waals surface area contributed by atoms with Crippen LogP contribution in [0.25, 0.3) is 0 Å². The summed E-state index contributed by atoms with van der Waals surface area (Å²) in [5.41, 5.74) is 1.19. The molecule has 0 atom stereocenters. The number of aromatic nitrogens is 2. The van der Waals surface area contributed by atoms with Crippen LogP contribution in [0.3, 0.4) is 0 Å². The minimum atomic E-state index is 0.395. The molecule has 0 bridgehead atoms. The van der Waals surface area contributed by atoms with Crippen molar-refractivity contribution < 1.29 is 0 Å². The van der Waals surface area contributed by atoms with Crippen molar-refractivity contribution in [2.75, 3.05) is 5.32 Å². The zero-order valence-electron chi connectivity index (χ0n) is 7.58. The molecule has 2 rings (SSSR count). The van der Waals surface area contributed by atoms with Gasteiger partial charge >= 0.3 is 0 Å². The lowest BCUT2D eigenvalue weighted by atomic mass is 10.3. The average molecular weight is 305 g/mol. The van der Waals surface area contributed by atoms with Crippen LogP contribution in [0.1, 0.15) is 5.56 Å². The van der Waals surface area contributed by atoms with Crippen LogP contribution in [0, 0.1) is 0 Å². The normalized spacial score (nSPS) is 10.3. The van der Waals surface area contributed by atoms with E-state index < -0.39 is 0 Å². The maximum Gasteiger partial charge on any atom is 0.171 e. The van der Waals surface area contributed by atoms with E-state index in [1.807, 2.05) is 0 Å². The van der Waals surface area contributed by atoms with Gasteiger partial charge in [-0.05, 0) is 32.9 Å². The number of nitrogens with one attached hydrogen (secondary N) is 1. The van der Waals surface area contributed by atoms with Crippen molar-refractivity contribution in [1.29, 1.82) is 0 Å². The van der Waals surface area contributed by atoms with Crippen LogP contribution in [-0.4, -0.2) is 9.97 Å². The first-order valence-corrected chi connectivity index (χ1v) is 6.24. The number of hydrogen-bond donors (Lipinski definition) is 1. The van der Waals surface area contributed by atoms with Crippen LogP contribution >= 0.6 is 38.9 Å². The number of anilines is 1. The molecule has 78 valence electrons. The fraction of sp³-hybridized carbons (Fsp3) is 0.111. The van der Waals surface area contributed by atoms with E-state index in [1.165, 1.54) is 5.56 Å². The molecule has 0 aromatic carbocycles. The summed E-state index contributed by atoms with van der Waals surface area (Å²) in [4.78, 5) is 8.02. The lowest BCUT2D eigenvalue weighted by Crippen LogP contribution is -2.01. The molecule has 3 nitrogen and oxygen atoms in total. The van der Waals surface area contributed by atoms with E-state index in [2.05, 4.69) is 42.7 Å². The molecule has 0 spiro atoms. The van der Waals surface area contributed by atoms with Gasteiger partial charge in [0.25, 0.3) is 0 Å². The Morgan fingerprint density at radius 2 is 2.20 bits per heavy atom. The Morgan fingerprint density at radius 3 is 2.87 bits per heavy atom. The first kappa shape index (κ1) is 10.9. The third-order valence-electron chi connectivity index (χ3n) is 1.74. The molecule has 0 saturated heterocycles. The molecule has 2 aromatic heterocycles. The van der Waals surface area contributed by atoms with Crippen molar-refractivity contribution in [2.45, 2.75) is 6.54 Å². The summed E-state index contributed by atoms with van der Waals surface area (Å²) >= 11 is 10.9. The van der Waals surface area contributed by atoms with Crippen LogP contribution in [0.4, 0.5) is 5.82 Å². The van der Waals surface area contributed by atoms with Gasteiger partial charge in [-0.15, -0.1) is 11.3 Å². The van der Waals surface area contributed by atoms with Gasteiger partial charge in [0.2, 0.25) is 0 Å². The van der Waals surface area contributed by atoms with E-state index in [4.69, 9.17) is 11.6 Å². The van der Waals surface area contributed by atoms with Gasteiger partial charge in [-0.2, -0.15) is 0 Å². The van der Waals surface area contributed by atoms with E-state index in [9.17, 15) is 0 Å². The number of halogens is 2. The average Bonchev–Trinajstić information content (AvgIpc) is 2.63. The second-order valence-electron chi connectivity index (χ2n) is 2.81. The molecular formula is C9H7BrClN3S. The highest BCUT2D eigenvalue weighted by Gasteiger charge is 2.02. The van der Waals surface area contributed by atoms with E-state index >= 15 is 0 Å². The highest BCUT2D eigenvalue weighted by molar-refractivity contribution is 9.11. The summed E-state index contributed by atoms with van der Waals surface area (Å²) in [7, 11) is 0. The Morgan fingerprint density at radius 1 is 1.40 bits per heavy atom. The molecule has 2 heterocycles. The number of rotatable bonds is 3. The topological polar surface area (TPSA) is 37.8 Å².